The topological polar surface area (TPSA) is 67.4 Å². The number of hydrogen-bond donors (Lipinski definition) is 2. The van der Waals surface area contributed by atoms with Gasteiger partial charge in [0, 0.05) is 12.6 Å². The van der Waals surface area contributed by atoms with Gasteiger partial charge in [0.15, 0.2) is 0 Å². The zero-order chi connectivity index (χ0) is 15.7. The number of hydrogen-bond acceptors (Lipinski definition) is 4. The molecule has 0 amide bonds. The van der Waals surface area contributed by atoms with Crippen molar-refractivity contribution in [2.45, 2.75) is 39.3 Å². The minimum atomic E-state index is -3.21. The molecule has 1 rings (SSSR count). The molecular formula is C15H26N2O3S. The van der Waals surface area contributed by atoms with E-state index in [1.54, 1.807) is 7.11 Å². The molecule has 0 aliphatic rings. The van der Waals surface area contributed by atoms with Crippen molar-refractivity contribution >= 4 is 10.0 Å². The van der Waals surface area contributed by atoms with E-state index in [9.17, 15) is 8.42 Å². The quantitative estimate of drug-likeness (QED) is 0.647. The van der Waals surface area contributed by atoms with Crippen LogP contribution in [-0.4, -0.2) is 33.9 Å². The fourth-order valence-electron chi connectivity index (χ4n) is 1.82. The van der Waals surface area contributed by atoms with Gasteiger partial charge in [-0.1, -0.05) is 26.0 Å². The highest BCUT2D eigenvalue weighted by Crippen LogP contribution is 2.11. The lowest BCUT2D eigenvalue weighted by Crippen LogP contribution is -2.27. The van der Waals surface area contributed by atoms with Crippen molar-refractivity contribution in [2.75, 3.05) is 19.4 Å². The summed E-state index contributed by atoms with van der Waals surface area (Å²) >= 11 is 0. The Hall–Kier alpha value is -1.11. The highest BCUT2D eigenvalue weighted by molar-refractivity contribution is 7.89. The SMILES string of the molecule is COc1ccc(CNS(=O)(=O)CCCCNC(C)C)cc1. The van der Waals surface area contributed by atoms with Crippen LogP contribution >= 0.6 is 0 Å². The summed E-state index contributed by atoms with van der Waals surface area (Å²) in [5, 5.41) is 3.27. The van der Waals surface area contributed by atoms with Crippen LogP contribution < -0.4 is 14.8 Å². The molecule has 1 aromatic rings. The molecule has 5 nitrogen and oxygen atoms in total. The summed E-state index contributed by atoms with van der Waals surface area (Å²) in [6.45, 7) is 5.32. The summed E-state index contributed by atoms with van der Waals surface area (Å²) in [6, 6.07) is 7.79. The van der Waals surface area contributed by atoms with Gasteiger partial charge in [0.2, 0.25) is 10.0 Å². The largest absolute Gasteiger partial charge is 0.497 e. The number of nitrogens with one attached hydrogen (secondary N) is 2. The zero-order valence-corrected chi connectivity index (χ0v) is 13.9. The average molecular weight is 314 g/mol. The van der Waals surface area contributed by atoms with Crippen LogP contribution in [0.1, 0.15) is 32.3 Å². The smallest absolute Gasteiger partial charge is 0.211 e. The minimum absolute atomic E-state index is 0.170. The molecule has 2 N–H and O–H groups in total. The summed E-state index contributed by atoms with van der Waals surface area (Å²) in [7, 11) is -1.60. The molecule has 0 aromatic heterocycles. The fraction of sp³-hybridized carbons (Fsp3) is 0.600. The van der Waals surface area contributed by atoms with Gasteiger partial charge in [-0.05, 0) is 37.1 Å². The number of ether oxygens (including phenoxy) is 1. The Labute approximate surface area is 128 Å². The molecule has 0 spiro atoms. The summed E-state index contributed by atoms with van der Waals surface area (Å²) in [4.78, 5) is 0. The van der Waals surface area contributed by atoms with E-state index in [1.807, 2.05) is 24.3 Å². The highest BCUT2D eigenvalue weighted by Gasteiger charge is 2.09. The van der Waals surface area contributed by atoms with Crippen LogP contribution in [0.3, 0.4) is 0 Å². The number of rotatable bonds is 10. The van der Waals surface area contributed by atoms with Crippen molar-refractivity contribution in [1.29, 1.82) is 0 Å². The van der Waals surface area contributed by atoms with Gasteiger partial charge in [0.05, 0.1) is 12.9 Å². The van der Waals surface area contributed by atoms with Crippen molar-refractivity contribution in [1.82, 2.24) is 10.0 Å². The Morgan fingerprint density at radius 2 is 1.81 bits per heavy atom. The van der Waals surface area contributed by atoms with E-state index >= 15 is 0 Å². The van der Waals surface area contributed by atoms with Crippen LogP contribution in [0.25, 0.3) is 0 Å². The predicted molar refractivity (Wildman–Crippen MR) is 86.0 cm³/mol. The van der Waals surface area contributed by atoms with Crippen LogP contribution in [0, 0.1) is 0 Å². The number of benzene rings is 1. The van der Waals surface area contributed by atoms with Crippen molar-refractivity contribution < 1.29 is 13.2 Å². The number of unbranched alkanes of at least 4 members (excludes halogenated alkanes) is 1. The number of sulfonamides is 1. The molecule has 0 saturated heterocycles. The lowest BCUT2D eigenvalue weighted by atomic mass is 10.2. The van der Waals surface area contributed by atoms with Gasteiger partial charge in [0.1, 0.15) is 5.75 Å². The second-order valence-corrected chi connectivity index (χ2v) is 7.23. The van der Waals surface area contributed by atoms with Gasteiger partial charge < -0.3 is 10.1 Å². The van der Waals surface area contributed by atoms with Crippen molar-refractivity contribution in [2.24, 2.45) is 0 Å². The van der Waals surface area contributed by atoms with E-state index in [4.69, 9.17) is 4.74 Å². The van der Waals surface area contributed by atoms with Crippen LogP contribution in [0.2, 0.25) is 0 Å². The number of methoxy groups -OCH3 is 1. The Morgan fingerprint density at radius 1 is 1.14 bits per heavy atom. The normalized spacial score (nSPS) is 11.8. The Kier molecular flexibility index (Phi) is 7.71. The predicted octanol–water partition coefficient (Wildman–Crippen LogP) is 1.89. The van der Waals surface area contributed by atoms with Gasteiger partial charge in [0.25, 0.3) is 0 Å². The average Bonchev–Trinajstić information content (AvgIpc) is 2.45. The van der Waals surface area contributed by atoms with Crippen molar-refractivity contribution in [3.63, 3.8) is 0 Å². The van der Waals surface area contributed by atoms with Crippen LogP contribution in [0.4, 0.5) is 0 Å². The van der Waals surface area contributed by atoms with Crippen molar-refractivity contribution in [3.05, 3.63) is 29.8 Å². The maximum absolute atomic E-state index is 11.9. The second-order valence-electron chi connectivity index (χ2n) is 5.30. The summed E-state index contributed by atoms with van der Waals surface area (Å²) in [5.41, 5.74) is 0.917. The molecule has 0 fully saturated rings. The molecule has 21 heavy (non-hydrogen) atoms. The van der Waals surface area contributed by atoms with Crippen molar-refractivity contribution in [3.8, 4) is 5.75 Å². The maximum atomic E-state index is 11.9. The lowest BCUT2D eigenvalue weighted by molar-refractivity contribution is 0.414. The minimum Gasteiger partial charge on any atom is -0.497 e. The van der Waals surface area contributed by atoms with Gasteiger partial charge in [-0.15, -0.1) is 0 Å². The maximum Gasteiger partial charge on any atom is 0.211 e. The van der Waals surface area contributed by atoms with E-state index in [0.29, 0.717) is 19.0 Å². The zero-order valence-electron chi connectivity index (χ0n) is 13.1. The second kappa shape index (κ2) is 9.02. The fourth-order valence-corrected chi connectivity index (χ4v) is 2.93. The highest BCUT2D eigenvalue weighted by atomic mass is 32.2. The van der Waals surface area contributed by atoms with Crippen LogP contribution in [-0.2, 0) is 16.6 Å². The lowest BCUT2D eigenvalue weighted by Gasteiger charge is -2.09. The van der Waals surface area contributed by atoms with E-state index in [-0.39, 0.29) is 5.75 Å². The van der Waals surface area contributed by atoms with Crippen LogP contribution in [0.15, 0.2) is 24.3 Å². The molecular weight excluding hydrogens is 288 g/mol. The molecule has 0 aliphatic heterocycles. The van der Waals surface area contributed by atoms with Gasteiger partial charge in [-0.2, -0.15) is 0 Å². The molecule has 0 radical (unpaired) electrons. The molecule has 1 aromatic carbocycles. The first kappa shape index (κ1) is 17.9. The van der Waals surface area contributed by atoms with Gasteiger partial charge in [-0.3, -0.25) is 0 Å². The summed E-state index contributed by atoms with van der Waals surface area (Å²) < 4.78 is 31.4. The third-order valence-corrected chi connectivity index (χ3v) is 4.46. The molecule has 120 valence electrons. The third kappa shape index (κ3) is 8.04. The van der Waals surface area contributed by atoms with Crippen LogP contribution in [0.5, 0.6) is 5.75 Å². The molecule has 0 unspecified atom stereocenters. The monoisotopic (exact) mass is 314 g/mol. The standard InChI is InChI=1S/C15H26N2O3S/c1-13(2)16-10-4-5-11-21(18,19)17-12-14-6-8-15(20-3)9-7-14/h6-9,13,16-17H,4-5,10-12H2,1-3H3. The first-order valence-corrected chi connectivity index (χ1v) is 8.92. The molecule has 0 aliphatic carbocycles. The first-order chi connectivity index (χ1) is 9.93. The third-order valence-electron chi connectivity index (χ3n) is 3.05. The van der Waals surface area contributed by atoms with E-state index in [2.05, 4.69) is 23.9 Å². The summed E-state index contributed by atoms with van der Waals surface area (Å²) in [5.74, 6) is 0.933. The molecule has 0 bridgehead atoms. The van der Waals surface area contributed by atoms with Gasteiger partial charge in [-0.25, -0.2) is 13.1 Å². The molecule has 0 atom stereocenters. The molecule has 0 heterocycles. The molecule has 0 saturated carbocycles. The van der Waals surface area contributed by atoms with E-state index < -0.39 is 10.0 Å². The summed E-state index contributed by atoms with van der Waals surface area (Å²) in [6.07, 6.45) is 1.53. The van der Waals surface area contributed by atoms with Gasteiger partial charge >= 0.3 is 0 Å². The first-order valence-electron chi connectivity index (χ1n) is 7.26. The Balaban J connectivity index is 2.28. The van der Waals surface area contributed by atoms with E-state index in [1.165, 1.54) is 0 Å². The Bertz CT molecular complexity index is 498. The van der Waals surface area contributed by atoms with E-state index in [0.717, 1.165) is 24.3 Å². The molecule has 6 heteroatoms. The Morgan fingerprint density at radius 3 is 2.38 bits per heavy atom.